The molecule has 1 aliphatic heterocycles. The lowest BCUT2D eigenvalue weighted by atomic mass is 10.1. The minimum Gasteiger partial charge on any atom is -0.313 e. The third-order valence-corrected chi connectivity index (χ3v) is 5.31. The maximum absolute atomic E-state index is 12.1. The molecule has 118 valence electrons. The molecule has 0 unspecified atom stereocenters. The van der Waals surface area contributed by atoms with E-state index < -0.39 is 5.97 Å². The van der Waals surface area contributed by atoms with Crippen molar-refractivity contribution in [1.29, 1.82) is 0 Å². The number of oxime groups is 1. The lowest BCUT2D eigenvalue weighted by molar-refractivity contribution is 0.0515. The van der Waals surface area contributed by atoms with Crippen molar-refractivity contribution in [2.75, 3.05) is 5.75 Å². The average molecular weight is 366 g/mol. The maximum Gasteiger partial charge on any atom is 0.365 e. The molecule has 0 aromatic heterocycles. The summed E-state index contributed by atoms with van der Waals surface area (Å²) in [5.74, 6) is 0.474. The summed E-state index contributed by atoms with van der Waals surface area (Å²) in [4.78, 5) is 18.4. The van der Waals surface area contributed by atoms with Gasteiger partial charge < -0.3 is 4.84 Å². The van der Waals surface area contributed by atoms with E-state index in [0.717, 1.165) is 34.8 Å². The summed E-state index contributed by atoms with van der Waals surface area (Å²) >= 11 is 13.6. The first-order chi connectivity index (χ1) is 11.1. The molecule has 0 N–H and O–H groups in total. The van der Waals surface area contributed by atoms with E-state index >= 15 is 0 Å². The maximum atomic E-state index is 12.1. The molecular formula is C17H13Cl2NO2S. The van der Waals surface area contributed by atoms with Gasteiger partial charge in [-0.15, -0.1) is 11.8 Å². The van der Waals surface area contributed by atoms with Gasteiger partial charge in [-0.05, 0) is 42.9 Å². The molecule has 0 bridgehead atoms. The number of nitrogens with zero attached hydrogens (tertiary/aromatic N) is 1. The highest BCUT2D eigenvalue weighted by Gasteiger charge is 2.16. The Morgan fingerprint density at radius 3 is 2.78 bits per heavy atom. The van der Waals surface area contributed by atoms with Gasteiger partial charge in [0.2, 0.25) is 0 Å². The van der Waals surface area contributed by atoms with E-state index in [2.05, 4.69) is 11.2 Å². The Morgan fingerprint density at radius 1 is 1.13 bits per heavy atom. The van der Waals surface area contributed by atoms with Gasteiger partial charge in [-0.1, -0.05) is 46.6 Å². The molecule has 1 heterocycles. The first kappa shape index (κ1) is 16.4. The van der Waals surface area contributed by atoms with E-state index in [0.29, 0.717) is 15.6 Å². The van der Waals surface area contributed by atoms with Crippen LogP contribution in [-0.4, -0.2) is 17.4 Å². The van der Waals surface area contributed by atoms with E-state index in [-0.39, 0.29) is 0 Å². The third kappa shape index (κ3) is 3.89. The summed E-state index contributed by atoms with van der Waals surface area (Å²) in [7, 11) is 0. The molecule has 0 amide bonds. The Bertz CT molecular complexity index is 777. The van der Waals surface area contributed by atoms with E-state index in [1.165, 1.54) is 6.07 Å². The molecule has 2 aromatic carbocycles. The van der Waals surface area contributed by atoms with Crippen LogP contribution in [0.2, 0.25) is 10.0 Å². The Kier molecular flexibility index (Phi) is 5.26. The molecule has 0 aliphatic carbocycles. The molecule has 0 atom stereocenters. The van der Waals surface area contributed by atoms with E-state index in [1.54, 1.807) is 23.9 Å². The third-order valence-electron chi connectivity index (χ3n) is 3.41. The predicted molar refractivity (Wildman–Crippen MR) is 94.8 cm³/mol. The van der Waals surface area contributed by atoms with Gasteiger partial charge in [0.1, 0.15) is 0 Å². The number of rotatable bonds is 2. The quantitative estimate of drug-likeness (QED) is 0.525. The number of halogens is 2. The first-order valence-corrected chi connectivity index (χ1v) is 8.85. The summed E-state index contributed by atoms with van der Waals surface area (Å²) < 4.78 is 0. The van der Waals surface area contributed by atoms with Crippen molar-refractivity contribution in [3.05, 3.63) is 63.6 Å². The highest BCUT2D eigenvalue weighted by molar-refractivity contribution is 7.99. The van der Waals surface area contributed by atoms with Crippen LogP contribution in [0, 0.1) is 0 Å². The number of hydrogen-bond donors (Lipinski definition) is 0. The summed E-state index contributed by atoms with van der Waals surface area (Å²) in [5, 5.41) is 4.79. The topological polar surface area (TPSA) is 38.7 Å². The number of thioether (sulfide) groups is 1. The van der Waals surface area contributed by atoms with Crippen molar-refractivity contribution in [2.24, 2.45) is 5.16 Å². The second-order valence-electron chi connectivity index (χ2n) is 4.99. The van der Waals surface area contributed by atoms with Crippen molar-refractivity contribution < 1.29 is 9.63 Å². The molecule has 3 rings (SSSR count). The standard InChI is InChI=1S/C17H13Cl2NO2S/c18-13-8-7-11(10-14(13)19)17(21)22-20-15-5-3-9-23-16-6-2-1-4-12(15)16/h1-2,4,6-8,10H,3,5,9H2. The smallest absolute Gasteiger partial charge is 0.313 e. The van der Waals surface area contributed by atoms with Crippen LogP contribution in [0.3, 0.4) is 0 Å². The van der Waals surface area contributed by atoms with Crippen molar-refractivity contribution >= 4 is 46.6 Å². The van der Waals surface area contributed by atoms with Crippen LogP contribution in [0.15, 0.2) is 52.5 Å². The fourth-order valence-electron chi connectivity index (χ4n) is 2.25. The van der Waals surface area contributed by atoms with Gasteiger partial charge in [0.25, 0.3) is 0 Å². The highest BCUT2D eigenvalue weighted by Crippen LogP contribution is 2.29. The summed E-state index contributed by atoms with van der Waals surface area (Å²) in [5.41, 5.74) is 2.14. The van der Waals surface area contributed by atoms with Gasteiger partial charge >= 0.3 is 5.97 Å². The minimum absolute atomic E-state index is 0.310. The number of hydrogen-bond acceptors (Lipinski definition) is 4. The minimum atomic E-state index is -0.551. The largest absolute Gasteiger partial charge is 0.365 e. The highest BCUT2D eigenvalue weighted by atomic mass is 35.5. The summed E-state index contributed by atoms with van der Waals surface area (Å²) in [6.07, 6.45) is 1.77. The Labute approximate surface area is 148 Å². The zero-order valence-corrected chi connectivity index (χ0v) is 14.4. The Balaban J connectivity index is 1.82. The van der Waals surface area contributed by atoms with Gasteiger partial charge in [-0.2, -0.15) is 0 Å². The zero-order valence-electron chi connectivity index (χ0n) is 12.1. The summed E-state index contributed by atoms with van der Waals surface area (Å²) in [6, 6.07) is 12.6. The molecule has 0 spiro atoms. The van der Waals surface area contributed by atoms with Crippen LogP contribution in [0.5, 0.6) is 0 Å². The van der Waals surface area contributed by atoms with Gasteiger partial charge in [0, 0.05) is 10.5 Å². The Morgan fingerprint density at radius 2 is 1.96 bits per heavy atom. The van der Waals surface area contributed by atoms with Crippen LogP contribution >= 0.6 is 35.0 Å². The number of carbonyl (C=O) groups is 1. The number of carbonyl (C=O) groups excluding carboxylic acids is 1. The molecule has 23 heavy (non-hydrogen) atoms. The summed E-state index contributed by atoms with van der Waals surface area (Å²) in [6.45, 7) is 0. The lowest BCUT2D eigenvalue weighted by Gasteiger charge is -2.06. The molecule has 2 aromatic rings. The van der Waals surface area contributed by atoms with E-state index in [1.807, 2.05) is 18.2 Å². The lowest BCUT2D eigenvalue weighted by Crippen LogP contribution is -2.06. The molecule has 6 heteroatoms. The predicted octanol–water partition coefficient (Wildman–Crippen LogP) is 5.44. The number of fused-ring (bicyclic) bond motifs is 1. The van der Waals surface area contributed by atoms with Gasteiger partial charge in [0.15, 0.2) is 0 Å². The average Bonchev–Trinajstić information content (AvgIpc) is 2.77. The van der Waals surface area contributed by atoms with Gasteiger partial charge in [-0.25, -0.2) is 4.79 Å². The molecule has 0 saturated heterocycles. The molecule has 1 aliphatic rings. The van der Waals surface area contributed by atoms with Crippen LogP contribution < -0.4 is 0 Å². The second-order valence-corrected chi connectivity index (χ2v) is 6.94. The van der Waals surface area contributed by atoms with Crippen molar-refractivity contribution in [2.45, 2.75) is 17.7 Å². The first-order valence-electron chi connectivity index (χ1n) is 7.10. The molecule has 3 nitrogen and oxygen atoms in total. The van der Waals surface area contributed by atoms with Crippen LogP contribution in [-0.2, 0) is 4.84 Å². The van der Waals surface area contributed by atoms with E-state index in [4.69, 9.17) is 28.0 Å². The SMILES string of the molecule is O=C(ON=C1CCCSc2ccccc21)c1ccc(Cl)c(Cl)c1. The van der Waals surface area contributed by atoms with Gasteiger partial charge in [-0.3, -0.25) is 0 Å². The van der Waals surface area contributed by atoms with E-state index in [9.17, 15) is 4.79 Å². The molecule has 0 saturated carbocycles. The molecular weight excluding hydrogens is 353 g/mol. The van der Waals surface area contributed by atoms with Crippen LogP contribution in [0.4, 0.5) is 0 Å². The van der Waals surface area contributed by atoms with Crippen molar-refractivity contribution in [3.8, 4) is 0 Å². The molecule has 0 fully saturated rings. The Hall–Kier alpha value is -1.49. The number of benzene rings is 2. The second kappa shape index (κ2) is 7.39. The van der Waals surface area contributed by atoms with Gasteiger partial charge in [0.05, 0.1) is 21.3 Å². The fraction of sp³-hybridized carbons (Fsp3) is 0.176. The monoisotopic (exact) mass is 365 g/mol. The van der Waals surface area contributed by atoms with Crippen molar-refractivity contribution in [1.82, 2.24) is 0 Å². The van der Waals surface area contributed by atoms with Crippen LogP contribution in [0.25, 0.3) is 0 Å². The normalized spacial score (nSPS) is 15.8. The van der Waals surface area contributed by atoms with Crippen LogP contribution in [0.1, 0.15) is 28.8 Å². The fourth-order valence-corrected chi connectivity index (χ4v) is 3.58. The zero-order chi connectivity index (χ0) is 16.2. The molecule has 0 radical (unpaired) electrons. The van der Waals surface area contributed by atoms with Crippen molar-refractivity contribution in [3.63, 3.8) is 0 Å².